The fraction of sp³-hybridized carbons (Fsp3) is 0.312. The van der Waals surface area contributed by atoms with Gasteiger partial charge in [0.1, 0.15) is 0 Å². The van der Waals surface area contributed by atoms with Crippen LogP contribution in [-0.2, 0) is 11.2 Å². The minimum absolute atomic E-state index is 0.0123. The van der Waals surface area contributed by atoms with Crippen molar-refractivity contribution in [2.24, 2.45) is 5.73 Å². The fourth-order valence-corrected chi connectivity index (χ4v) is 5.91. The summed E-state index contributed by atoms with van der Waals surface area (Å²) in [6.45, 7) is 12.2. The third-order valence-corrected chi connectivity index (χ3v) is 8.11. The van der Waals surface area contributed by atoms with Gasteiger partial charge in [0, 0.05) is 23.0 Å². The molecule has 0 aliphatic carbocycles. The average Bonchev–Trinajstić information content (AvgIpc) is 3.57. The van der Waals surface area contributed by atoms with Gasteiger partial charge in [0.05, 0.1) is 33.9 Å². The van der Waals surface area contributed by atoms with Gasteiger partial charge in [0.25, 0.3) is 5.91 Å². The normalized spacial score (nSPS) is 13.3. The minimum Gasteiger partial charge on any atom is -0.481 e. The summed E-state index contributed by atoms with van der Waals surface area (Å²) in [5.74, 6) is -1.39. The monoisotopic (exact) mass is 537 g/mol. The SMILES string of the molecule is CCC1=C(C)c2cc3nc(cc4cc(C)c(cc5[nH]c(c(C)c5CC)c(C(N)=O)c1n2)[nH]4)C(CCC(=O)O)=C3C. The lowest BCUT2D eigenvalue weighted by Crippen LogP contribution is -2.14. The van der Waals surface area contributed by atoms with E-state index in [0.29, 0.717) is 29.6 Å². The predicted molar refractivity (Wildman–Crippen MR) is 161 cm³/mol. The maximum Gasteiger partial charge on any atom is 0.303 e. The summed E-state index contributed by atoms with van der Waals surface area (Å²) in [5.41, 5.74) is 19.5. The molecule has 5 rings (SSSR count). The van der Waals surface area contributed by atoms with Gasteiger partial charge < -0.3 is 20.8 Å². The lowest BCUT2D eigenvalue weighted by atomic mass is 9.98. The molecule has 0 spiro atoms. The third kappa shape index (κ3) is 4.53. The largest absolute Gasteiger partial charge is 0.481 e. The molecule has 0 radical (unpaired) electrons. The Morgan fingerprint density at radius 1 is 0.850 bits per heavy atom. The number of aromatic nitrogens is 4. The average molecular weight is 538 g/mol. The summed E-state index contributed by atoms with van der Waals surface area (Å²) >= 11 is 0. The molecule has 0 fully saturated rings. The van der Waals surface area contributed by atoms with Crippen molar-refractivity contribution in [2.45, 2.75) is 67.2 Å². The molecule has 2 aliphatic heterocycles. The van der Waals surface area contributed by atoms with Gasteiger partial charge in [-0.15, -0.1) is 0 Å². The summed E-state index contributed by atoms with van der Waals surface area (Å²) in [7, 11) is 0. The Bertz CT molecular complexity index is 1820. The number of nitrogens with two attached hydrogens (primary N) is 1. The van der Waals surface area contributed by atoms with Gasteiger partial charge in [0.2, 0.25) is 0 Å². The Kier molecular flexibility index (Phi) is 6.96. The zero-order chi connectivity index (χ0) is 28.9. The second-order valence-electron chi connectivity index (χ2n) is 10.5. The molecule has 0 saturated heterocycles. The number of fused-ring (bicyclic) bond motifs is 8. The number of aliphatic carboxylic acids is 1. The van der Waals surface area contributed by atoms with Crippen molar-refractivity contribution in [3.05, 3.63) is 69.3 Å². The first-order chi connectivity index (χ1) is 19.0. The topological polar surface area (TPSA) is 138 Å². The number of H-pyrrole nitrogens is 2. The second-order valence-corrected chi connectivity index (χ2v) is 10.5. The maximum atomic E-state index is 13.1. The lowest BCUT2D eigenvalue weighted by molar-refractivity contribution is -0.136. The van der Waals surface area contributed by atoms with Crippen molar-refractivity contribution in [3.8, 4) is 0 Å². The lowest BCUT2D eigenvalue weighted by Gasteiger charge is -2.05. The molecule has 3 aromatic heterocycles. The van der Waals surface area contributed by atoms with E-state index in [2.05, 4.69) is 29.0 Å². The number of amides is 1. The maximum absolute atomic E-state index is 13.1. The Morgan fingerprint density at radius 2 is 1.55 bits per heavy atom. The first-order valence-corrected chi connectivity index (χ1v) is 13.7. The molecule has 5 heterocycles. The number of hydrogen-bond acceptors (Lipinski definition) is 4. The van der Waals surface area contributed by atoms with E-state index in [4.69, 9.17) is 15.7 Å². The number of aryl methyl sites for hydroxylation is 3. The zero-order valence-corrected chi connectivity index (χ0v) is 23.9. The number of carboxylic acids is 1. The Hall–Kier alpha value is -4.46. The molecule has 8 nitrogen and oxygen atoms in total. The molecule has 3 aromatic rings. The quantitative estimate of drug-likeness (QED) is 0.276. The van der Waals surface area contributed by atoms with Gasteiger partial charge in [-0.1, -0.05) is 13.8 Å². The van der Waals surface area contributed by atoms with Crippen molar-refractivity contribution >= 4 is 56.2 Å². The van der Waals surface area contributed by atoms with Crippen molar-refractivity contribution in [1.29, 1.82) is 0 Å². The molecule has 8 heteroatoms. The van der Waals surface area contributed by atoms with Crippen LogP contribution in [0.3, 0.4) is 0 Å². The highest BCUT2D eigenvalue weighted by atomic mass is 16.4. The molecule has 8 bridgehead atoms. The molecule has 0 aromatic carbocycles. The summed E-state index contributed by atoms with van der Waals surface area (Å²) in [4.78, 5) is 41.4. The van der Waals surface area contributed by atoms with Gasteiger partial charge in [-0.05, 0) is 110 Å². The first-order valence-electron chi connectivity index (χ1n) is 13.7. The fourth-order valence-electron chi connectivity index (χ4n) is 5.91. The third-order valence-electron chi connectivity index (χ3n) is 8.11. The van der Waals surface area contributed by atoms with Crippen LogP contribution in [0.25, 0.3) is 44.4 Å². The predicted octanol–water partition coefficient (Wildman–Crippen LogP) is 6.73. The molecular weight excluding hydrogens is 502 g/mol. The highest BCUT2D eigenvalue weighted by Gasteiger charge is 2.25. The van der Waals surface area contributed by atoms with E-state index in [9.17, 15) is 14.7 Å². The number of carbonyl (C=O) groups excluding carboxylic acids is 1. The number of hydrogen-bond donors (Lipinski definition) is 4. The highest BCUT2D eigenvalue weighted by molar-refractivity contribution is 6.08. The van der Waals surface area contributed by atoms with E-state index in [1.54, 1.807) is 0 Å². The molecule has 40 heavy (non-hydrogen) atoms. The number of primary amides is 1. The van der Waals surface area contributed by atoms with Crippen LogP contribution in [0, 0.1) is 13.8 Å². The van der Waals surface area contributed by atoms with Crippen molar-refractivity contribution in [2.75, 3.05) is 0 Å². The molecular formula is C32H35N5O3. The van der Waals surface area contributed by atoms with Crippen LogP contribution in [0.1, 0.15) is 96.8 Å². The van der Waals surface area contributed by atoms with Crippen molar-refractivity contribution in [3.63, 3.8) is 0 Å². The molecule has 206 valence electrons. The van der Waals surface area contributed by atoms with E-state index in [-0.39, 0.29) is 6.42 Å². The van der Waals surface area contributed by atoms with Crippen LogP contribution in [0.2, 0.25) is 0 Å². The smallest absolute Gasteiger partial charge is 0.303 e. The molecule has 1 amide bonds. The summed E-state index contributed by atoms with van der Waals surface area (Å²) in [6, 6.07) is 8.04. The van der Waals surface area contributed by atoms with Crippen LogP contribution < -0.4 is 5.73 Å². The van der Waals surface area contributed by atoms with Gasteiger partial charge in [-0.2, -0.15) is 0 Å². The number of allylic oxidation sites excluding steroid dienone is 4. The van der Waals surface area contributed by atoms with Crippen LogP contribution in [0.15, 0.2) is 24.3 Å². The summed E-state index contributed by atoms with van der Waals surface area (Å²) < 4.78 is 0. The number of carboxylic acid groups (broad SMARTS) is 1. The Labute approximate surface area is 233 Å². The molecule has 5 N–H and O–H groups in total. The van der Waals surface area contributed by atoms with E-state index >= 15 is 0 Å². The van der Waals surface area contributed by atoms with Gasteiger partial charge in [-0.3, -0.25) is 9.59 Å². The van der Waals surface area contributed by atoms with Gasteiger partial charge in [-0.25, -0.2) is 9.97 Å². The Balaban J connectivity index is 1.99. The number of aromatic amines is 2. The molecule has 2 aliphatic rings. The minimum atomic E-state index is -0.851. The number of nitrogens with zero attached hydrogens (tertiary/aromatic N) is 2. The summed E-state index contributed by atoms with van der Waals surface area (Å²) in [5, 5.41) is 9.39. The first kappa shape index (κ1) is 27.1. The standard InChI is InChI=1S/C32H35N5O3/c1-7-20-18(6)30-29(32(33)40)31-21(8-2)16(4)25(36-31)14-24-17(5)22(9-10-28(38)39)26(35-24)12-19-11-15(3)23(34-19)13-27(20)37-30/h11-14,34,37H,7-10H2,1-6H3,(H2,33,40)(H,38,39). The highest BCUT2D eigenvalue weighted by Crippen LogP contribution is 2.38. The van der Waals surface area contributed by atoms with E-state index < -0.39 is 11.9 Å². The van der Waals surface area contributed by atoms with Crippen LogP contribution in [0.4, 0.5) is 0 Å². The molecule has 0 unspecified atom stereocenters. The molecule has 0 saturated carbocycles. The van der Waals surface area contributed by atoms with Crippen molar-refractivity contribution in [1.82, 2.24) is 19.9 Å². The Morgan fingerprint density at radius 3 is 2.20 bits per heavy atom. The number of rotatable bonds is 6. The van der Waals surface area contributed by atoms with Crippen LogP contribution >= 0.6 is 0 Å². The molecule has 0 atom stereocenters. The zero-order valence-electron chi connectivity index (χ0n) is 23.9. The van der Waals surface area contributed by atoms with E-state index in [1.807, 2.05) is 46.8 Å². The van der Waals surface area contributed by atoms with Gasteiger partial charge >= 0.3 is 5.97 Å². The number of carbonyl (C=O) groups is 2. The van der Waals surface area contributed by atoms with Crippen LogP contribution in [-0.4, -0.2) is 36.9 Å². The van der Waals surface area contributed by atoms with E-state index in [0.717, 1.165) is 79.0 Å². The van der Waals surface area contributed by atoms with Crippen LogP contribution in [0.5, 0.6) is 0 Å². The second kappa shape index (κ2) is 10.3. The van der Waals surface area contributed by atoms with Crippen molar-refractivity contribution < 1.29 is 14.7 Å². The summed E-state index contributed by atoms with van der Waals surface area (Å²) in [6.07, 6.45) is 1.84. The number of nitrogens with one attached hydrogen (secondary N) is 2. The van der Waals surface area contributed by atoms with E-state index in [1.165, 1.54) is 0 Å². The van der Waals surface area contributed by atoms with Gasteiger partial charge in [0.15, 0.2) is 0 Å².